The second-order valence-electron chi connectivity index (χ2n) is 7.36. The molecule has 0 bridgehead atoms. The van der Waals surface area contributed by atoms with Gasteiger partial charge in [0.25, 0.3) is 5.56 Å². The molecule has 29 heavy (non-hydrogen) atoms. The lowest BCUT2D eigenvalue weighted by Gasteiger charge is -2.14. The van der Waals surface area contributed by atoms with Gasteiger partial charge >= 0.3 is 0 Å². The van der Waals surface area contributed by atoms with Crippen LogP contribution in [-0.4, -0.2) is 51.8 Å². The van der Waals surface area contributed by atoms with Gasteiger partial charge in [0.15, 0.2) is 5.52 Å². The highest BCUT2D eigenvalue weighted by molar-refractivity contribution is 7.21. The molecule has 0 unspecified atom stereocenters. The van der Waals surface area contributed by atoms with Crippen LogP contribution in [0.2, 0.25) is 0 Å². The summed E-state index contributed by atoms with van der Waals surface area (Å²) < 4.78 is 2.00. The Hall–Kier alpha value is -2.58. The van der Waals surface area contributed by atoms with Crippen molar-refractivity contribution in [3.63, 3.8) is 0 Å². The van der Waals surface area contributed by atoms with Crippen LogP contribution in [0.1, 0.15) is 25.0 Å². The third-order valence-corrected chi connectivity index (χ3v) is 6.36. The number of carbonyl (C=O) groups is 1. The van der Waals surface area contributed by atoms with E-state index in [1.807, 2.05) is 37.3 Å². The third-order valence-electron chi connectivity index (χ3n) is 5.15. The average molecular weight is 412 g/mol. The van der Waals surface area contributed by atoms with Gasteiger partial charge < -0.3 is 10.2 Å². The predicted octanol–water partition coefficient (Wildman–Crippen LogP) is 2.43. The zero-order valence-electron chi connectivity index (χ0n) is 16.6. The summed E-state index contributed by atoms with van der Waals surface area (Å²) in [5.41, 5.74) is 1.73. The molecule has 0 atom stereocenters. The Morgan fingerprint density at radius 3 is 2.72 bits per heavy atom. The van der Waals surface area contributed by atoms with Gasteiger partial charge in [0, 0.05) is 12.1 Å². The topological polar surface area (TPSA) is 80.1 Å². The molecule has 1 fully saturated rings. The molecular weight excluding hydrogens is 386 g/mol. The van der Waals surface area contributed by atoms with E-state index in [-0.39, 0.29) is 18.0 Å². The normalized spacial score (nSPS) is 14.5. The Balaban J connectivity index is 1.44. The molecule has 0 spiro atoms. The van der Waals surface area contributed by atoms with Crippen LogP contribution in [0.4, 0.5) is 0 Å². The SMILES string of the molecule is Cc1nn(CC(=O)NCCCN2CCCC2)c(=O)c2nc(-c3ccccc3)sc12. The first-order valence-corrected chi connectivity index (χ1v) is 10.9. The molecule has 1 saturated heterocycles. The molecule has 8 heteroatoms. The summed E-state index contributed by atoms with van der Waals surface area (Å²) >= 11 is 1.46. The van der Waals surface area contributed by atoms with Gasteiger partial charge in [-0.1, -0.05) is 30.3 Å². The predicted molar refractivity (Wildman–Crippen MR) is 115 cm³/mol. The quantitative estimate of drug-likeness (QED) is 0.604. The monoisotopic (exact) mass is 411 g/mol. The summed E-state index contributed by atoms with van der Waals surface area (Å²) in [4.78, 5) is 32.1. The van der Waals surface area contributed by atoms with E-state index in [1.54, 1.807) is 0 Å². The molecule has 0 radical (unpaired) electrons. The Morgan fingerprint density at radius 2 is 1.97 bits per heavy atom. The maximum atomic E-state index is 12.8. The molecule has 2 aromatic heterocycles. The van der Waals surface area contributed by atoms with E-state index >= 15 is 0 Å². The number of carbonyl (C=O) groups excluding carboxylic acids is 1. The van der Waals surface area contributed by atoms with Gasteiger partial charge in [-0.15, -0.1) is 11.3 Å². The summed E-state index contributed by atoms with van der Waals surface area (Å²) in [6.07, 6.45) is 3.45. The number of hydrogen-bond acceptors (Lipinski definition) is 6. The molecule has 1 aliphatic rings. The standard InChI is InChI=1S/C21H25N5O2S/c1-15-19-18(23-20(29-19)16-8-3-2-4-9-16)21(28)26(24-15)14-17(27)22-10-7-13-25-11-5-6-12-25/h2-4,8-9H,5-7,10-14H2,1H3,(H,22,27). The maximum Gasteiger partial charge on any atom is 0.294 e. The first-order valence-electron chi connectivity index (χ1n) is 10.0. The number of benzene rings is 1. The Bertz CT molecular complexity index is 1050. The molecule has 3 heterocycles. The van der Waals surface area contributed by atoms with Crippen molar-refractivity contribution in [1.29, 1.82) is 0 Å². The van der Waals surface area contributed by atoms with E-state index in [0.717, 1.165) is 41.3 Å². The molecule has 3 aromatic rings. The highest BCUT2D eigenvalue weighted by atomic mass is 32.1. The summed E-state index contributed by atoms with van der Waals surface area (Å²) in [5.74, 6) is -0.196. The molecule has 0 aliphatic carbocycles. The van der Waals surface area contributed by atoms with Crippen molar-refractivity contribution in [2.24, 2.45) is 0 Å². The van der Waals surface area contributed by atoms with Crippen molar-refractivity contribution in [3.05, 3.63) is 46.4 Å². The van der Waals surface area contributed by atoms with Crippen LogP contribution in [0.15, 0.2) is 35.1 Å². The van der Waals surface area contributed by atoms with E-state index in [0.29, 0.717) is 17.8 Å². The number of hydrogen-bond donors (Lipinski definition) is 1. The van der Waals surface area contributed by atoms with E-state index in [9.17, 15) is 9.59 Å². The van der Waals surface area contributed by atoms with Crippen LogP contribution in [0.3, 0.4) is 0 Å². The fourth-order valence-corrected chi connectivity index (χ4v) is 4.65. The van der Waals surface area contributed by atoms with Gasteiger partial charge in [-0.2, -0.15) is 5.10 Å². The number of amides is 1. The van der Waals surface area contributed by atoms with Crippen molar-refractivity contribution in [2.45, 2.75) is 32.7 Å². The zero-order chi connectivity index (χ0) is 20.2. The van der Waals surface area contributed by atoms with Gasteiger partial charge in [0.05, 0.1) is 10.4 Å². The Labute approximate surface area is 173 Å². The van der Waals surface area contributed by atoms with Gasteiger partial charge in [-0.3, -0.25) is 9.59 Å². The summed E-state index contributed by atoms with van der Waals surface area (Å²) in [6, 6.07) is 9.77. The lowest BCUT2D eigenvalue weighted by atomic mass is 10.2. The smallest absolute Gasteiger partial charge is 0.294 e. The minimum atomic E-state index is -0.323. The maximum absolute atomic E-state index is 12.8. The van der Waals surface area contributed by atoms with Gasteiger partial charge in [0.1, 0.15) is 11.6 Å². The third kappa shape index (κ3) is 4.54. The second-order valence-corrected chi connectivity index (χ2v) is 8.36. The molecule has 1 amide bonds. The van der Waals surface area contributed by atoms with Crippen molar-refractivity contribution in [2.75, 3.05) is 26.2 Å². The number of aryl methyl sites for hydroxylation is 1. The van der Waals surface area contributed by atoms with Gasteiger partial charge in [-0.05, 0) is 45.8 Å². The molecule has 7 nitrogen and oxygen atoms in total. The lowest BCUT2D eigenvalue weighted by Crippen LogP contribution is -2.35. The van der Waals surface area contributed by atoms with Crippen molar-refractivity contribution < 1.29 is 4.79 Å². The summed E-state index contributed by atoms with van der Waals surface area (Å²) in [7, 11) is 0. The highest BCUT2D eigenvalue weighted by Gasteiger charge is 2.16. The number of thiazole rings is 1. The number of nitrogens with zero attached hydrogens (tertiary/aromatic N) is 4. The van der Waals surface area contributed by atoms with Crippen LogP contribution in [0.25, 0.3) is 20.8 Å². The molecular formula is C21H25N5O2S. The number of rotatable bonds is 7. The summed E-state index contributed by atoms with van der Waals surface area (Å²) in [5, 5.41) is 8.03. The van der Waals surface area contributed by atoms with Crippen LogP contribution < -0.4 is 10.9 Å². The molecule has 1 aliphatic heterocycles. The van der Waals surface area contributed by atoms with Crippen LogP contribution in [0, 0.1) is 6.92 Å². The molecule has 0 saturated carbocycles. The largest absolute Gasteiger partial charge is 0.354 e. The minimum Gasteiger partial charge on any atom is -0.354 e. The fourth-order valence-electron chi connectivity index (χ4n) is 3.64. The van der Waals surface area contributed by atoms with Gasteiger partial charge in [-0.25, -0.2) is 9.67 Å². The van der Waals surface area contributed by atoms with Crippen molar-refractivity contribution >= 4 is 27.5 Å². The van der Waals surface area contributed by atoms with E-state index in [4.69, 9.17) is 0 Å². The first-order chi connectivity index (χ1) is 14.1. The minimum absolute atomic E-state index is 0.0858. The van der Waals surface area contributed by atoms with E-state index in [1.165, 1.54) is 28.9 Å². The van der Waals surface area contributed by atoms with Crippen molar-refractivity contribution in [3.8, 4) is 10.6 Å². The zero-order valence-corrected chi connectivity index (χ0v) is 17.4. The second kappa shape index (κ2) is 8.84. The van der Waals surface area contributed by atoms with E-state index < -0.39 is 0 Å². The molecule has 1 N–H and O–H groups in total. The lowest BCUT2D eigenvalue weighted by molar-refractivity contribution is -0.121. The first kappa shape index (κ1) is 19.7. The molecule has 152 valence electrons. The number of nitrogens with one attached hydrogen (secondary N) is 1. The average Bonchev–Trinajstić information content (AvgIpc) is 3.40. The van der Waals surface area contributed by atoms with E-state index in [2.05, 4.69) is 20.3 Å². The van der Waals surface area contributed by atoms with Crippen LogP contribution in [-0.2, 0) is 11.3 Å². The molecule has 4 rings (SSSR count). The summed E-state index contributed by atoms with van der Waals surface area (Å²) in [6.45, 7) is 5.69. The van der Waals surface area contributed by atoms with Crippen LogP contribution in [0.5, 0.6) is 0 Å². The number of fused-ring (bicyclic) bond motifs is 1. The number of aromatic nitrogens is 3. The Kier molecular flexibility index (Phi) is 6.01. The van der Waals surface area contributed by atoms with Crippen molar-refractivity contribution in [1.82, 2.24) is 25.0 Å². The number of likely N-dealkylation sites (tertiary alicyclic amines) is 1. The highest BCUT2D eigenvalue weighted by Crippen LogP contribution is 2.29. The Morgan fingerprint density at radius 1 is 1.21 bits per heavy atom. The fraction of sp³-hybridized carbons (Fsp3) is 0.429. The molecule has 1 aromatic carbocycles. The van der Waals surface area contributed by atoms with Crippen LogP contribution >= 0.6 is 11.3 Å². The van der Waals surface area contributed by atoms with Gasteiger partial charge in [0.2, 0.25) is 5.91 Å².